The molecule has 2 atom stereocenters. The number of fused-ring (bicyclic) bond motifs is 1. The number of furan rings is 1. The Morgan fingerprint density at radius 1 is 1.60 bits per heavy atom. The van der Waals surface area contributed by atoms with E-state index in [2.05, 4.69) is 0 Å². The minimum atomic E-state index is -0.0620. The van der Waals surface area contributed by atoms with Gasteiger partial charge in [-0.1, -0.05) is 0 Å². The van der Waals surface area contributed by atoms with Crippen molar-refractivity contribution in [1.29, 1.82) is 0 Å². The van der Waals surface area contributed by atoms with E-state index in [1.165, 1.54) is 6.26 Å². The van der Waals surface area contributed by atoms with Gasteiger partial charge < -0.3 is 18.8 Å². The molecule has 0 bridgehead atoms. The Labute approximate surface area is 118 Å². The lowest BCUT2D eigenvalue weighted by atomic mass is 9.73. The standard InChI is InChI=1S/C15H21NO4/c1-18-11-15-6-3-9-20-13(15)5-7-16(10-15)14(17)12-4-2-8-19-12/h2,4,8,13H,3,5-7,9-11H2,1H3/t13-,15-/m1/s1. The number of nitrogens with zero attached hydrogens (tertiary/aromatic N) is 1. The van der Waals surface area contributed by atoms with Crippen molar-refractivity contribution in [3.63, 3.8) is 0 Å². The molecule has 2 fully saturated rings. The van der Waals surface area contributed by atoms with Gasteiger partial charge in [-0.05, 0) is 31.4 Å². The molecule has 110 valence electrons. The van der Waals surface area contributed by atoms with Crippen molar-refractivity contribution in [2.24, 2.45) is 5.41 Å². The van der Waals surface area contributed by atoms with Crippen LogP contribution in [0, 0.1) is 5.41 Å². The Hall–Kier alpha value is -1.33. The monoisotopic (exact) mass is 279 g/mol. The first kappa shape index (κ1) is 13.6. The third kappa shape index (κ3) is 2.36. The van der Waals surface area contributed by atoms with Gasteiger partial charge in [-0.3, -0.25) is 4.79 Å². The number of rotatable bonds is 3. The average Bonchev–Trinajstić information content (AvgIpc) is 3.00. The second kappa shape index (κ2) is 5.58. The molecular formula is C15H21NO4. The summed E-state index contributed by atoms with van der Waals surface area (Å²) in [6.45, 7) is 2.86. The van der Waals surface area contributed by atoms with E-state index in [-0.39, 0.29) is 17.4 Å². The van der Waals surface area contributed by atoms with Crippen molar-refractivity contribution < 1.29 is 18.7 Å². The largest absolute Gasteiger partial charge is 0.459 e. The van der Waals surface area contributed by atoms with E-state index in [4.69, 9.17) is 13.9 Å². The van der Waals surface area contributed by atoms with Gasteiger partial charge in [-0.15, -0.1) is 0 Å². The molecule has 1 amide bonds. The van der Waals surface area contributed by atoms with Crippen LogP contribution in [0.4, 0.5) is 0 Å². The smallest absolute Gasteiger partial charge is 0.289 e. The van der Waals surface area contributed by atoms with Crippen LogP contribution in [-0.4, -0.2) is 50.3 Å². The van der Waals surface area contributed by atoms with Crippen molar-refractivity contribution in [2.45, 2.75) is 25.4 Å². The maximum Gasteiger partial charge on any atom is 0.289 e. The van der Waals surface area contributed by atoms with Crippen molar-refractivity contribution in [1.82, 2.24) is 4.90 Å². The Bertz CT molecular complexity index is 454. The first-order chi connectivity index (χ1) is 9.75. The van der Waals surface area contributed by atoms with E-state index >= 15 is 0 Å². The molecule has 1 aromatic rings. The van der Waals surface area contributed by atoms with Crippen LogP contribution < -0.4 is 0 Å². The first-order valence-electron chi connectivity index (χ1n) is 7.18. The van der Waals surface area contributed by atoms with Crippen LogP contribution in [0.15, 0.2) is 22.8 Å². The Balaban J connectivity index is 1.77. The Morgan fingerprint density at radius 3 is 3.25 bits per heavy atom. The summed E-state index contributed by atoms with van der Waals surface area (Å²) in [6.07, 6.45) is 4.69. The fraction of sp³-hybridized carbons (Fsp3) is 0.667. The second-order valence-electron chi connectivity index (χ2n) is 5.75. The number of hydrogen-bond acceptors (Lipinski definition) is 4. The van der Waals surface area contributed by atoms with Gasteiger partial charge >= 0.3 is 0 Å². The molecule has 5 heteroatoms. The third-order valence-electron chi connectivity index (χ3n) is 4.44. The lowest BCUT2D eigenvalue weighted by molar-refractivity contribution is -0.142. The summed E-state index contributed by atoms with van der Waals surface area (Å²) in [5, 5.41) is 0. The van der Waals surface area contributed by atoms with E-state index in [1.807, 2.05) is 4.90 Å². The molecule has 0 radical (unpaired) electrons. The quantitative estimate of drug-likeness (QED) is 0.848. The van der Waals surface area contributed by atoms with Crippen molar-refractivity contribution in [3.05, 3.63) is 24.2 Å². The predicted octanol–water partition coefficient (Wildman–Crippen LogP) is 1.94. The molecule has 0 spiro atoms. The van der Waals surface area contributed by atoms with Gasteiger partial charge in [0.1, 0.15) is 0 Å². The highest BCUT2D eigenvalue weighted by Crippen LogP contribution is 2.40. The third-order valence-corrected chi connectivity index (χ3v) is 4.44. The topological polar surface area (TPSA) is 51.9 Å². The zero-order chi connectivity index (χ0) is 14.0. The minimum absolute atomic E-state index is 0.0329. The molecule has 3 heterocycles. The molecule has 2 saturated heterocycles. The summed E-state index contributed by atoms with van der Waals surface area (Å²) >= 11 is 0. The maximum absolute atomic E-state index is 12.4. The molecule has 3 rings (SSSR count). The summed E-state index contributed by atoms with van der Waals surface area (Å²) in [5.74, 6) is 0.377. The fourth-order valence-corrected chi connectivity index (χ4v) is 3.52. The van der Waals surface area contributed by atoms with E-state index < -0.39 is 0 Å². The fourth-order valence-electron chi connectivity index (χ4n) is 3.52. The lowest BCUT2D eigenvalue weighted by Gasteiger charge is -2.50. The van der Waals surface area contributed by atoms with Crippen LogP contribution in [0.25, 0.3) is 0 Å². The van der Waals surface area contributed by atoms with Crippen LogP contribution in [0.2, 0.25) is 0 Å². The van der Waals surface area contributed by atoms with Crippen LogP contribution in [0.1, 0.15) is 29.8 Å². The van der Waals surface area contributed by atoms with E-state index in [0.29, 0.717) is 18.9 Å². The first-order valence-corrected chi connectivity index (χ1v) is 7.18. The molecule has 5 nitrogen and oxygen atoms in total. The molecule has 0 unspecified atom stereocenters. The van der Waals surface area contributed by atoms with Crippen molar-refractivity contribution in [3.8, 4) is 0 Å². The van der Waals surface area contributed by atoms with Gasteiger partial charge in [0.25, 0.3) is 5.91 Å². The highest BCUT2D eigenvalue weighted by molar-refractivity contribution is 5.91. The normalized spacial score (nSPS) is 30.1. The predicted molar refractivity (Wildman–Crippen MR) is 72.5 cm³/mol. The maximum atomic E-state index is 12.4. The summed E-state index contributed by atoms with van der Waals surface area (Å²) in [4.78, 5) is 14.3. The number of carbonyl (C=O) groups excluding carboxylic acids is 1. The summed E-state index contributed by atoms with van der Waals surface area (Å²) in [5.41, 5.74) is -0.0620. The van der Waals surface area contributed by atoms with Gasteiger partial charge in [-0.2, -0.15) is 0 Å². The van der Waals surface area contributed by atoms with Crippen LogP contribution in [0.3, 0.4) is 0 Å². The SMILES string of the molecule is COC[C@]12CCCO[C@@H]1CCN(C(=O)c1ccco1)C2. The number of likely N-dealkylation sites (tertiary alicyclic amines) is 1. The van der Waals surface area contributed by atoms with E-state index in [1.54, 1.807) is 19.2 Å². The number of hydrogen-bond donors (Lipinski definition) is 0. The molecule has 0 N–H and O–H groups in total. The molecule has 0 aliphatic carbocycles. The summed E-state index contributed by atoms with van der Waals surface area (Å²) < 4.78 is 16.6. The zero-order valence-electron chi connectivity index (χ0n) is 11.8. The second-order valence-corrected chi connectivity index (χ2v) is 5.75. The van der Waals surface area contributed by atoms with E-state index in [9.17, 15) is 4.79 Å². The van der Waals surface area contributed by atoms with Gasteiger partial charge in [0.2, 0.25) is 0 Å². The average molecular weight is 279 g/mol. The number of carbonyl (C=O) groups is 1. The number of piperidine rings is 1. The van der Waals surface area contributed by atoms with Gasteiger partial charge in [0.05, 0.1) is 19.0 Å². The highest BCUT2D eigenvalue weighted by atomic mass is 16.5. The highest BCUT2D eigenvalue weighted by Gasteiger charge is 2.47. The Morgan fingerprint density at radius 2 is 2.50 bits per heavy atom. The number of amides is 1. The molecule has 2 aliphatic heterocycles. The van der Waals surface area contributed by atoms with Gasteiger partial charge in [0, 0.05) is 32.2 Å². The van der Waals surface area contributed by atoms with Crippen molar-refractivity contribution in [2.75, 3.05) is 33.4 Å². The number of methoxy groups -OCH3 is 1. The summed E-state index contributed by atoms with van der Waals surface area (Å²) in [6, 6.07) is 3.46. The van der Waals surface area contributed by atoms with Crippen LogP contribution in [0.5, 0.6) is 0 Å². The van der Waals surface area contributed by atoms with Gasteiger partial charge in [-0.25, -0.2) is 0 Å². The van der Waals surface area contributed by atoms with E-state index in [0.717, 1.165) is 32.4 Å². The summed E-state index contributed by atoms with van der Waals surface area (Å²) in [7, 11) is 1.72. The van der Waals surface area contributed by atoms with Crippen molar-refractivity contribution >= 4 is 5.91 Å². The van der Waals surface area contributed by atoms with Crippen LogP contribution in [-0.2, 0) is 9.47 Å². The lowest BCUT2D eigenvalue weighted by Crippen LogP contribution is -2.58. The number of ether oxygens (including phenoxy) is 2. The molecule has 0 aromatic carbocycles. The Kier molecular flexibility index (Phi) is 3.81. The van der Waals surface area contributed by atoms with Gasteiger partial charge in [0.15, 0.2) is 5.76 Å². The molecule has 2 aliphatic rings. The molecule has 20 heavy (non-hydrogen) atoms. The van der Waals surface area contributed by atoms with Crippen LogP contribution >= 0.6 is 0 Å². The molecule has 1 aromatic heterocycles. The minimum Gasteiger partial charge on any atom is -0.459 e. The molecule has 0 saturated carbocycles. The zero-order valence-corrected chi connectivity index (χ0v) is 11.8. The molecular weight excluding hydrogens is 258 g/mol.